The molecule has 0 fully saturated rings. The van der Waals surface area contributed by atoms with Gasteiger partial charge >= 0.3 is 0 Å². The zero-order valence-electron chi connectivity index (χ0n) is 11.6. The Labute approximate surface area is 126 Å². The van der Waals surface area contributed by atoms with Crippen LogP contribution in [-0.4, -0.2) is 25.9 Å². The van der Waals surface area contributed by atoms with Crippen LogP contribution in [0.15, 0.2) is 47.4 Å². The third-order valence-electron chi connectivity index (χ3n) is 3.49. The molecule has 3 rings (SSSR count). The highest BCUT2D eigenvalue weighted by Gasteiger charge is 2.14. The maximum atomic E-state index is 13.4. The van der Waals surface area contributed by atoms with Crippen LogP contribution in [0.1, 0.15) is 10.4 Å². The highest BCUT2D eigenvalue weighted by Crippen LogP contribution is 2.30. The summed E-state index contributed by atoms with van der Waals surface area (Å²) in [4.78, 5) is 14.6. The molecule has 1 aromatic heterocycles. The first-order valence-electron chi connectivity index (χ1n) is 6.47. The van der Waals surface area contributed by atoms with Crippen molar-refractivity contribution in [1.82, 2.24) is 4.98 Å². The Balaban J connectivity index is 2.19. The lowest BCUT2D eigenvalue weighted by Crippen LogP contribution is -1.96. The standard InChI is InChI=1S/C16H12FNO3S/c1-22(20,21)12-5-2-10(3-6-12)16-14(9-19)13-8-11(17)4-7-15(13)18-16/h2-9,18H,1H3. The molecule has 1 N–H and O–H groups in total. The second-order valence-corrected chi connectivity index (χ2v) is 7.03. The number of H-pyrrole nitrogens is 1. The van der Waals surface area contributed by atoms with E-state index in [4.69, 9.17) is 0 Å². The number of carbonyl (C=O) groups excluding carboxylic acids is 1. The Morgan fingerprint density at radius 1 is 1.09 bits per heavy atom. The average Bonchev–Trinajstić information content (AvgIpc) is 2.84. The summed E-state index contributed by atoms with van der Waals surface area (Å²) in [5.74, 6) is -0.423. The molecule has 0 aliphatic rings. The van der Waals surface area contributed by atoms with Gasteiger partial charge in [0, 0.05) is 22.7 Å². The molecule has 0 saturated carbocycles. The quantitative estimate of drug-likeness (QED) is 0.754. The van der Waals surface area contributed by atoms with Crippen molar-refractivity contribution in [3.63, 3.8) is 0 Å². The highest BCUT2D eigenvalue weighted by molar-refractivity contribution is 7.90. The van der Waals surface area contributed by atoms with Gasteiger partial charge in [-0.1, -0.05) is 12.1 Å². The van der Waals surface area contributed by atoms with Crippen molar-refractivity contribution < 1.29 is 17.6 Å². The van der Waals surface area contributed by atoms with E-state index in [1.807, 2.05) is 0 Å². The zero-order valence-corrected chi connectivity index (χ0v) is 12.4. The van der Waals surface area contributed by atoms with Crippen LogP contribution in [-0.2, 0) is 9.84 Å². The second kappa shape index (κ2) is 5.06. The SMILES string of the molecule is CS(=O)(=O)c1ccc(-c2[nH]c3ccc(F)cc3c2C=O)cc1. The number of aromatic amines is 1. The lowest BCUT2D eigenvalue weighted by Gasteiger charge is -2.02. The van der Waals surface area contributed by atoms with Gasteiger partial charge in [0.25, 0.3) is 0 Å². The van der Waals surface area contributed by atoms with Gasteiger partial charge < -0.3 is 4.98 Å². The Morgan fingerprint density at radius 2 is 1.77 bits per heavy atom. The van der Waals surface area contributed by atoms with E-state index in [0.29, 0.717) is 34.0 Å². The molecule has 2 aromatic carbocycles. The van der Waals surface area contributed by atoms with Crippen molar-refractivity contribution in [2.24, 2.45) is 0 Å². The summed E-state index contributed by atoms with van der Waals surface area (Å²) in [5.41, 5.74) is 2.19. The summed E-state index contributed by atoms with van der Waals surface area (Å²) in [6.45, 7) is 0. The van der Waals surface area contributed by atoms with Gasteiger partial charge in [0.15, 0.2) is 16.1 Å². The number of hydrogen-bond acceptors (Lipinski definition) is 3. The van der Waals surface area contributed by atoms with Crippen molar-refractivity contribution in [2.75, 3.05) is 6.26 Å². The van der Waals surface area contributed by atoms with E-state index >= 15 is 0 Å². The number of nitrogens with one attached hydrogen (secondary N) is 1. The molecule has 0 aliphatic heterocycles. The number of aldehydes is 1. The lowest BCUT2D eigenvalue weighted by atomic mass is 10.1. The van der Waals surface area contributed by atoms with E-state index in [9.17, 15) is 17.6 Å². The molecule has 0 amide bonds. The minimum Gasteiger partial charge on any atom is -0.354 e. The third-order valence-corrected chi connectivity index (χ3v) is 4.62. The zero-order chi connectivity index (χ0) is 15.9. The van der Waals surface area contributed by atoms with Crippen molar-refractivity contribution in [3.05, 3.63) is 53.8 Å². The smallest absolute Gasteiger partial charge is 0.175 e. The van der Waals surface area contributed by atoms with E-state index < -0.39 is 15.7 Å². The summed E-state index contributed by atoms with van der Waals surface area (Å²) in [6, 6.07) is 10.4. The molecule has 0 radical (unpaired) electrons. The van der Waals surface area contributed by atoms with Gasteiger partial charge in [0.05, 0.1) is 10.6 Å². The van der Waals surface area contributed by atoms with Crippen LogP contribution in [0.5, 0.6) is 0 Å². The topological polar surface area (TPSA) is 67.0 Å². The highest BCUT2D eigenvalue weighted by atomic mass is 32.2. The molecule has 3 aromatic rings. The van der Waals surface area contributed by atoms with Crippen LogP contribution in [0.25, 0.3) is 22.2 Å². The van der Waals surface area contributed by atoms with Crippen LogP contribution in [0.2, 0.25) is 0 Å². The van der Waals surface area contributed by atoms with Gasteiger partial charge in [-0.25, -0.2) is 12.8 Å². The van der Waals surface area contributed by atoms with Gasteiger partial charge in [-0.3, -0.25) is 4.79 Å². The molecule has 0 saturated heterocycles. The Morgan fingerprint density at radius 3 is 2.36 bits per heavy atom. The molecule has 4 nitrogen and oxygen atoms in total. The van der Waals surface area contributed by atoms with E-state index in [1.165, 1.54) is 24.3 Å². The first-order chi connectivity index (χ1) is 10.4. The van der Waals surface area contributed by atoms with Crippen LogP contribution in [0.3, 0.4) is 0 Å². The van der Waals surface area contributed by atoms with Crippen molar-refractivity contribution in [2.45, 2.75) is 4.90 Å². The van der Waals surface area contributed by atoms with Crippen LogP contribution in [0.4, 0.5) is 4.39 Å². The summed E-state index contributed by atoms with van der Waals surface area (Å²) < 4.78 is 36.3. The van der Waals surface area contributed by atoms with Crippen molar-refractivity contribution in [1.29, 1.82) is 0 Å². The molecular weight excluding hydrogens is 305 g/mol. The number of fused-ring (bicyclic) bond motifs is 1. The predicted octanol–water partition coefficient (Wildman–Crippen LogP) is 3.19. The minimum absolute atomic E-state index is 0.200. The number of sulfone groups is 1. The number of aromatic nitrogens is 1. The molecule has 0 unspecified atom stereocenters. The summed E-state index contributed by atoms with van der Waals surface area (Å²) in [5, 5.41) is 0.497. The first-order valence-corrected chi connectivity index (χ1v) is 8.36. The Hall–Kier alpha value is -2.47. The second-order valence-electron chi connectivity index (χ2n) is 5.02. The number of benzene rings is 2. The maximum Gasteiger partial charge on any atom is 0.175 e. The van der Waals surface area contributed by atoms with Gasteiger partial charge in [0.1, 0.15) is 5.82 Å². The molecule has 22 heavy (non-hydrogen) atoms. The monoisotopic (exact) mass is 317 g/mol. The lowest BCUT2D eigenvalue weighted by molar-refractivity contribution is 0.112. The van der Waals surface area contributed by atoms with Crippen LogP contribution in [0, 0.1) is 5.82 Å². The minimum atomic E-state index is -3.28. The molecule has 0 bridgehead atoms. The number of carbonyl (C=O) groups is 1. The summed E-state index contributed by atoms with van der Waals surface area (Å²) in [7, 11) is -3.28. The average molecular weight is 317 g/mol. The van der Waals surface area contributed by atoms with Gasteiger partial charge in [-0.2, -0.15) is 0 Å². The molecule has 0 atom stereocenters. The van der Waals surface area contributed by atoms with Crippen LogP contribution >= 0.6 is 0 Å². The normalized spacial score (nSPS) is 11.7. The van der Waals surface area contributed by atoms with Gasteiger partial charge in [0.2, 0.25) is 0 Å². The largest absolute Gasteiger partial charge is 0.354 e. The van der Waals surface area contributed by atoms with Gasteiger partial charge in [-0.15, -0.1) is 0 Å². The van der Waals surface area contributed by atoms with E-state index in [-0.39, 0.29) is 4.90 Å². The molecule has 0 aliphatic carbocycles. The van der Waals surface area contributed by atoms with Crippen molar-refractivity contribution in [3.8, 4) is 11.3 Å². The van der Waals surface area contributed by atoms with E-state index in [0.717, 1.165) is 6.26 Å². The molecule has 112 valence electrons. The van der Waals surface area contributed by atoms with Crippen molar-refractivity contribution >= 4 is 27.0 Å². The molecule has 0 spiro atoms. The van der Waals surface area contributed by atoms with Gasteiger partial charge in [-0.05, 0) is 35.9 Å². The third kappa shape index (κ3) is 2.42. The van der Waals surface area contributed by atoms with E-state index in [2.05, 4.69) is 4.98 Å². The molecule has 1 heterocycles. The van der Waals surface area contributed by atoms with E-state index in [1.54, 1.807) is 18.2 Å². The molecular formula is C16H12FNO3S. The molecule has 6 heteroatoms. The maximum absolute atomic E-state index is 13.4. The summed E-state index contributed by atoms with van der Waals surface area (Å²) >= 11 is 0. The van der Waals surface area contributed by atoms with Crippen LogP contribution < -0.4 is 0 Å². The fourth-order valence-corrected chi connectivity index (χ4v) is 3.03. The fraction of sp³-hybridized carbons (Fsp3) is 0.0625. The fourth-order valence-electron chi connectivity index (χ4n) is 2.40. The Bertz CT molecular complexity index is 973. The predicted molar refractivity (Wildman–Crippen MR) is 82.2 cm³/mol. The Kier molecular flexibility index (Phi) is 3.33. The number of halogens is 1. The summed E-state index contributed by atoms with van der Waals surface area (Å²) in [6.07, 6.45) is 1.79. The first kappa shape index (κ1) is 14.5. The number of rotatable bonds is 3. The number of hydrogen-bond donors (Lipinski definition) is 1.